The van der Waals surface area contributed by atoms with Crippen LogP contribution in [0.25, 0.3) is 16.8 Å². The molecule has 0 spiro atoms. The fourth-order valence-corrected chi connectivity index (χ4v) is 3.89. The number of anilines is 2. The average molecular weight is 389 g/mol. The van der Waals surface area contributed by atoms with Crippen LogP contribution in [0.1, 0.15) is 12.8 Å². The van der Waals surface area contributed by atoms with Crippen LogP contribution >= 0.6 is 0 Å². The number of nitrogens with one attached hydrogen (secondary N) is 2. The van der Waals surface area contributed by atoms with Gasteiger partial charge in [-0.1, -0.05) is 0 Å². The number of pyridine rings is 1. The third-order valence-corrected chi connectivity index (χ3v) is 5.34. The van der Waals surface area contributed by atoms with E-state index in [0.717, 1.165) is 16.8 Å². The summed E-state index contributed by atoms with van der Waals surface area (Å²) in [6.45, 7) is 1.50. The molecule has 3 aromatic heterocycles. The molecule has 0 bridgehead atoms. The Kier molecular flexibility index (Phi) is 4.34. The highest BCUT2D eigenvalue weighted by atomic mass is 19.1. The van der Waals surface area contributed by atoms with Crippen molar-refractivity contribution in [3.63, 3.8) is 0 Å². The summed E-state index contributed by atoms with van der Waals surface area (Å²) >= 11 is 0. The fraction of sp³-hybridized carbons (Fsp3) is 0.500. The van der Waals surface area contributed by atoms with Gasteiger partial charge in [0.1, 0.15) is 12.3 Å². The Bertz CT molecular complexity index is 960. The van der Waals surface area contributed by atoms with Crippen LogP contribution in [0.4, 0.5) is 20.4 Å². The van der Waals surface area contributed by atoms with Gasteiger partial charge in [0.2, 0.25) is 5.95 Å². The number of fused-ring (bicyclic) bond motifs is 1. The van der Waals surface area contributed by atoms with Crippen molar-refractivity contribution in [2.45, 2.75) is 31.2 Å². The van der Waals surface area contributed by atoms with Gasteiger partial charge in [0, 0.05) is 43.2 Å². The van der Waals surface area contributed by atoms with Gasteiger partial charge in [-0.15, -0.1) is 5.10 Å². The number of H-pyrrole nitrogens is 1. The molecule has 8 nitrogen and oxygen atoms in total. The number of aromatic nitrogens is 5. The van der Waals surface area contributed by atoms with Gasteiger partial charge < -0.3 is 15.0 Å². The molecular weight excluding hydrogens is 368 g/mol. The van der Waals surface area contributed by atoms with Gasteiger partial charge in [0.15, 0.2) is 5.65 Å². The predicted molar refractivity (Wildman–Crippen MR) is 100 cm³/mol. The summed E-state index contributed by atoms with van der Waals surface area (Å²) in [5.74, 6) is 0.358. The summed E-state index contributed by atoms with van der Waals surface area (Å²) in [5, 5.41) is 14.4. The molecule has 148 valence electrons. The van der Waals surface area contributed by atoms with E-state index in [1.54, 1.807) is 23.1 Å². The number of halogens is 2. The molecule has 2 saturated heterocycles. The minimum absolute atomic E-state index is 0.0760. The number of nitrogens with zero attached hydrogens (tertiary/aromatic N) is 5. The molecule has 10 heteroatoms. The van der Waals surface area contributed by atoms with Gasteiger partial charge in [-0.2, -0.15) is 10.1 Å². The molecule has 0 aromatic carbocycles. The summed E-state index contributed by atoms with van der Waals surface area (Å²) < 4.78 is 34.8. The average Bonchev–Trinajstić information content (AvgIpc) is 3.43. The van der Waals surface area contributed by atoms with E-state index < -0.39 is 12.3 Å². The number of aromatic amines is 1. The molecule has 2 aliphatic heterocycles. The Morgan fingerprint density at radius 3 is 2.96 bits per heavy atom. The molecule has 3 atom stereocenters. The van der Waals surface area contributed by atoms with E-state index in [1.165, 1.54) is 0 Å². The van der Waals surface area contributed by atoms with Crippen molar-refractivity contribution < 1.29 is 13.5 Å². The normalized spacial score (nSPS) is 25.5. The maximum Gasteiger partial charge on any atom is 0.243 e. The monoisotopic (exact) mass is 389 g/mol. The molecular formula is C18H21F2N7O. The van der Waals surface area contributed by atoms with Crippen molar-refractivity contribution in [1.82, 2.24) is 24.8 Å². The first-order chi connectivity index (χ1) is 13.7. The molecule has 0 saturated carbocycles. The first kappa shape index (κ1) is 17.4. The second-order valence-electron chi connectivity index (χ2n) is 7.23. The lowest BCUT2D eigenvalue weighted by atomic mass is 10.1. The minimum Gasteiger partial charge on any atom is -0.378 e. The van der Waals surface area contributed by atoms with E-state index in [0.29, 0.717) is 44.1 Å². The van der Waals surface area contributed by atoms with E-state index in [-0.39, 0.29) is 12.6 Å². The van der Waals surface area contributed by atoms with Crippen LogP contribution in [-0.4, -0.2) is 69.5 Å². The first-order valence-corrected chi connectivity index (χ1v) is 9.45. The molecule has 5 heterocycles. The van der Waals surface area contributed by atoms with E-state index in [2.05, 4.69) is 25.6 Å². The van der Waals surface area contributed by atoms with Crippen LogP contribution in [0.2, 0.25) is 0 Å². The zero-order valence-electron chi connectivity index (χ0n) is 15.2. The quantitative estimate of drug-likeness (QED) is 0.712. The van der Waals surface area contributed by atoms with E-state index in [1.807, 2.05) is 11.0 Å². The van der Waals surface area contributed by atoms with Gasteiger partial charge >= 0.3 is 0 Å². The summed E-state index contributed by atoms with van der Waals surface area (Å²) in [5.41, 5.74) is 3.22. The summed E-state index contributed by atoms with van der Waals surface area (Å²) in [6.07, 6.45) is 4.39. The fourth-order valence-electron chi connectivity index (χ4n) is 3.89. The molecule has 0 radical (unpaired) electrons. The Hall–Kier alpha value is -2.75. The van der Waals surface area contributed by atoms with Crippen molar-refractivity contribution in [2.75, 3.05) is 36.5 Å². The molecule has 5 rings (SSSR count). The Morgan fingerprint density at radius 2 is 2.21 bits per heavy atom. The third-order valence-electron chi connectivity index (χ3n) is 5.34. The molecule has 3 aromatic rings. The number of hydrogen-bond donors (Lipinski definition) is 2. The molecule has 0 aliphatic carbocycles. The molecule has 0 amide bonds. The zero-order valence-corrected chi connectivity index (χ0v) is 15.2. The van der Waals surface area contributed by atoms with E-state index >= 15 is 0 Å². The number of rotatable bonds is 4. The van der Waals surface area contributed by atoms with Crippen molar-refractivity contribution in [2.24, 2.45) is 0 Å². The highest BCUT2D eigenvalue weighted by Gasteiger charge is 2.29. The number of hydrogen-bond acceptors (Lipinski definition) is 6. The SMILES string of the molecule is F[C@@H]1CCN(c2c(-c3cn[nH]c3)ccn3nc(N[C@H]4CCOC[C@H]4F)nc23)C1. The van der Waals surface area contributed by atoms with Gasteiger partial charge in [0.05, 0.1) is 24.5 Å². The topological polar surface area (TPSA) is 83.4 Å². The van der Waals surface area contributed by atoms with Gasteiger partial charge in [-0.3, -0.25) is 5.10 Å². The Morgan fingerprint density at radius 1 is 1.29 bits per heavy atom. The van der Waals surface area contributed by atoms with Crippen LogP contribution in [-0.2, 0) is 4.74 Å². The standard InChI is InChI=1S/C18H21F2N7O/c19-12-1-4-26(9-12)16-13(11-7-21-22-8-11)2-5-27-17(16)24-18(25-27)23-15-3-6-28-10-14(15)20/h2,5,7-8,12,14-15H,1,3-4,6,9-10H2,(H,21,22)(H,23,25)/t12-,14-,15+/m1/s1. The highest BCUT2D eigenvalue weighted by molar-refractivity contribution is 5.87. The predicted octanol–water partition coefficient (Wildman–Crippen LogP) is 2.21. The highest BCUT2D eigenvalue weighted by Crippen LogP contribution is 2.36. The van der Waals surface area contributed by atoms with Crippen LogP contribution < -0.4 is 10.2 Å². The number of ether oxygens (including phenoxy) is 1. The second kappa shape index (κ2) is 7.01. The Balaban J connectivity index is 1.56. The molecule has 2 fully saturated rings. The maximum atomic E-state index is 14.1. The first-order valence-electron chi connectivity index (χ1n) is 9.45. The van der Waals surface area contributed by atoms with Crippen molar-refractivity contribution in [3.8, 4) is 11.1 Å². The lowest BCUT2D eigenvalue weighted by Crippen LogP contribution is -2.39. The summed E-state index contributed by atoms with van der Waals surface area (Å²) in [7, 11) is 0. The molecule has 28 heavy (non-hydrogen) atoms. The van der Waals surface area contributed by atoms with Crippen molar-refractivity contribution >= 4 is 17.3 Å². The lowest BCUT2D eigenvalue weighted by molar-refractivity contribution is 0.0284. The van der Waals surface area contributed by atoms with Crippen LogP contribution in [0, 0.1) is 0 Å². The van der Waals surface area contributed by atoms with Gasteiger partial charge in [-0.05, 0) is 18.9 Å². The summed E-state index contributed by atoms with van der Waals surface area (Å²) in [6, 6.07) is 1.54. The largest absolute Gasteiger partial charge is 0.378 e. The minimum atomic E-state index is -1.10. The van der Waals surface area contributed by atoms with Crippen LogP contribution in [0.5, 0.6) is 0 Å². The van der Waals surface area contributed by atoms with E-state index in [9.17, 15) is 8.78 Å². The molecule has 2 aliphatic rings. The van der Waals surface area contributed by atoms with E-state index in [4.69, 9.17) is 4.74 Å². The zero-order chi connectivity index (χ0) is 19.1. The van der Waals surface area contributed by atoms with Crippen LogP contribution in [0.3, 0.4) is 0 Å². The lowest BCUT2D eigenvalue weighted by Gasteiger charge is -2.26. The smallest absolute Gasteiger partial charge is 0.243 e. The van der Waals surface area contributed by atoms with Gasteiger partial charge in [0.25, 0.3) is 0 Å². The molecule has 2 N–H and O–H groups in total. The Labute approximate surface area is 159 Å². The molecule has 0 unspecified atom stereocenters. The van der Waals surface area contributed by atoms with Gasteiger partial charge in [-0.25, -0.2) is 13.3 Å². The van der Waals surface area contributed by atoms with Crippen LogP contribution in [0.15, 0.2) is 24.7 Å². The third kappa shape index (κ3) is 3.07. The maximum absolute atomic E-state index is 14.1. The van der Waals surface area contributed by atoms with Crippen molar-refractivity contribution in [3.05, 3.63) is 24.7 Å². The number of alkyl halides is 2. The van der Waals surface area contributed by atoms with Crippen molar-refractivity contribution in [1.29, 1.82) is 0 Å². The summed E-state index contributed by atoms with van der Waals surface area (Å²) in [4.78, 5) is 6.61. The second-order valence-corrected chi connectivity index (χ2v) is 7.23.